The van der Waals surface area contributed by atoms with Gasteiger partial charge in [0.1, 0.15) is 0 Å². The molecular weight excluding hydrogens is 394 g/mol. The summed E-state index contributed by atoms with van der Waals surface area (Å²) in [6.45, 7) is 6.17. The number of benzene rings is 2. The molecule has 1 fully saturated rings. The number of hydrogen-bond donors (Lipinski definition) is 1. The highest BCUT2D eigenvalue weighted by atomic mass is 32.1. The largest absolute Gasteiger partial charge is 0.369 e. The Balaban J connectivity index is 1.52. The topological polar surface area (TPSA) is 52.7 Å². The molecule has 3 aromatic rings. The molecule has 1 N–H and O–H groups in total. The molecule has 0 aliphatic carbocycles. The molecule has 0 spiro atoms. The van der Waals surface area contributed by atoms with E-state index in [1.807, 2.05) is 23.6 Å². The highest BCUT2D eigenvalue weighted by Gasteiger charge is 2.20. The molecule has 0 bridgehead atoms. The summed E-state index contributed by atoms with van der Waals surface area (Å²) >= 11 is 1.38. The van der Waals surface area contributed by atoms with Gasteiger partial charge in [0, 0.05) is 43.1 Å². The number of carbonyl (C=O) groups is 2. The first-order chi connectivity index (χ1) is 14.5. The Morgan fingerprint density at radius 3 is 2.33 bits per heavy atom. The van der Waals surface area contributed by atoms with Gasteiger partial charge in [0.25, 0.3) is 5.91 Å². The molecule has 6 heteroatoms. The minimum atomic E-state index is -0.276. The van der Waals surface area contributed by atoms with E-state index in [2.05, 4.69) is 35.2 Å². The first-order valence-electron chi connectivity index (χ1n) is 10.1. The number of hydrogen-bond acceptors (Lipinski definition) is 5. The standard InChI is InChI=1S/C24H25N3O2S/c1-17-16-18(9-10-21(17)27-13-11-26(2)12-14-27)25-24(29)20-7-4-3-6-19(20)23(28)22-8-5-15-30-22/h3-10,15-16H,11-14H2,1-2H3,(H,25,29). The quantitative estimate of drug-likeness (QED) is 0.627. The lowest BCUT2D eigenvalue weighted by Crippen LogP contribution is -2.44. The molecule has 2 aromatic carbocycles. The van der Waals surface area contributed by atoms with Crippen LogP contribution in [0.25, 0.3) is 0 Å². The van der Waals surface area contributed by atoms with Crippen molar-refractivity contribution in [3.8, 4) is 0 Å². The molecule has 2 heterocycles. The van der Waals surface area contributed by atoms with E-state index in [1.165, 1.54) is 17.0 Å². The third kappa shape index (κ3) is 4.30. The van der Waals surface area contributed by atoms with E-state index in [9.17, 15) is 9.59 Å². The fourth-order valence-corrected chi connectivity index (χ4v) is 4.43. The van der Waals surface area contributed by atoms with Crippen LogP contribution in [0.2, 0.25) is 0 Å². The van der Waals surface area contributed by atoms with E-state index in [0.717, 1.165) is 37.4 Å². The normalized spacial score (nSPS) is 14.5. The van der Waals surface area contributed by atoms with Gasteiger partial charge < -0.3 is 15.1 Å². The Bertz CT molecular complexity index is 1050. The summed E-state index contributed by atoms with van der Waals surface area (Å²) in [7, 11) is 2.14. The Hall–Kier alpha value is -2.96. The number of nitrogens with zero attached hydrogens (tertiary/aromatic N) is 2. The van der Waals surface area contributed by atoms with Crippen molar-refractivity contribution in [2.75, 3.05) is 43.4 Å². The number of thiophene rings is 1. The average molecular weight is 420 g/mol. The molecule has 4 rings (SSSR count). The van der Waals surface area contributed by atoms with Gasteiger partial charge in [-0.05, 0) is 55.2 Å². The number of aryl methyl sites for hydroxylation is 1. The monoisotopic (exact) mass is 419 g/mol. The summed E-state index contributed by atoms with van der Waals surface area (Å²) in [4.78, 5) is 31.1. The van der Waals surface area contributed by atoms with Crippen molar-refractivity contribution in [3.05, 3.63) is 81.5 Å². The summed E-state index contributed by atoms with van der Waals surface area (Å²) in [6, 6.07) is 16.6. The molecule has 1 aliphatic rings. The van der Waals surface area contributed by atoms with E-state index in [-0.39, 0.29) is 11.7 Å². The second-order valence-corrected chi connectivity index (χ2v) is 8.55. The number of piperazine rings is 1. The number of nitrogens with one attached hydrogen (secondary N) is 1. The molecule has 1 amide bonds. The molecule has 5 nitrogen and oxygen atoms in total. The zero-order valence-electron chi connectivity index (χ0n) is 17.2. The first-order valence-corrected chi connectivity index (χ1v) is 10.9. The maximum Gasteiger partial charge on any atom is 0.256 e. The highest BCUT2D eigenvalue weighted by molar-refractivity contribution is 7.12. The molecule has 0 unspecified atom stereocenters. The molecule has 0 saturated carbocycles. The Morgan fingerprint density at radius 2 is 1.67 bits per heavy atom. The van der Waals surface area contributed by atoms with Gasteiger partial charge in [0.15, 0.2) is 0 Å². The van der Waals surface area contributed by atoms with E-state index in [1.54, 1.807) is 30.3 Å². The van der Waals surface area contributed by atoms with Gasteiger partial charge in [0.05, 0.1) is 10.4 Å². The van der Waals surface area contributed by atoms with Gasteiger partial charge in [-0.1, -0.05) is 24.3 Å². The van der Waals surface area contributed by atoms with Crippen LogP contribution < -0.4 is 10.2 Å². The maximum atomic E-state index is 13.0. The van der Waals surface area contributed by atoms with Crippen molar-refractivity contribution in [1.29, 1.82) is 0 Å². The van der Waals surface area contributed by atoms with Crippen LogP contribution >= 0.6 is 11.3 Å². The van der Waals surface area contributed by atoms with Crippen LogP contribution in [0, 0.1) is 6.92 Å². The van der Waals surface area contributed by atoms with Gasteiger partial charge in [-0.25, -0.2) is 0 Å². The molecule has 0 atom stereocenters. The summed E-state index contributed by atoms with van der Waals surface area (Å²) in [5.74, 6) is -0.403. The molecule has 0 radical (unpaired) electrons. The van der Waals surface area contributed by atoms with Crippen molar-refractivity contribution in [1.82, 2.24) is 4.90 Å². The van der Waals surface area contributed by atoms with Crippen molar-refractivity contribution >= 4 is 34.4 Å². The fraction of sp³-hybridized carbons (Fsp3) is 0.250. The molecule has 1 saturated heterocycles. The minimum Gasteiger partial charge on any atom is -0.369 e. The number of rotatable bonds is 5. The Labute approximate surface area is 180 Å². The zero-order valence-corrected chi connectivity index (χ0v) is 18.0. The van der Waals surface area contributed by atoms with E-state index >= 15 is 0 Å². The minimum absolute atomic E-state index is 0.127. The van der Waals surface area contributed by atoms with E-state index in [4.69, 9.17) is 0 Å². The van der Waals surface area contributed by atoms with Crippen LogP contribution in [0.1, 0.15) is 31.2 Å². The number of ketones is 1. The van der Waals surface area contributed by atoms with Gasteiger partial charge in [-0.3, -0.25) is 9.59 Å². The van der Waals surface area contributed by atoms with Crippen molar-refractivity contribution in [3.63, 3.8) is 0 Å². The molecule has 154 valence electrons. The second-order valence-electron chi connectivity index (χ2n) is 7.60. The van der Waals surface area contributed by atoms with Crippen molar-refractivity contribution < 1.29 is 9.59 Å². The SMILES string of the molecule is Cc1cc(NC(=O)c2ccccc2C(=O)c2cccs2)ccc1N1CCN(C)CC1. The van der Waals surface area contributed by atoms with Crippen molar-refractivity contribution in [2.45, 2.75) is 6.92 Å². The van der Waals surface area contributed by atoms with Crippen LogP contribution in [0.4, 0.5) is 11.4 Å². The number of amides is 1. The van der Waals surface area contributed by atoms with Crippen LogP contribution in [-0.4, -0.2) is 49.8 Å². The van der Waals surface area contributed by atoms with Gasteiger partial charge >= 0.3 is 0 Å². The first kappa shape index (κ1) is 20.3. The lowest BCUT2D eigenvalue weighted by Gasteiger charge is -2.35. The lowest BCUT2D eigenvalue weighted by atomic mass is 10.0. The van der Waals surface area contributed by atoms with Gasteiger partial charge in [-0.15, -0.1) is 11.3 Å². The maximum absolute atomic E-state index is 13.0. The Morgan fingerprint density at radius 1 is 0.933 bits per heavy atom. The Kier molecular flexibility index (Phi) is 5.97. The second kappa shape index (κ2) is 8.81. The summed E-state index contributed by atoms with van der Waals surface area (Å²) in [6.07, 6.45) is 0. The van der Waals surface area contributed by atoms with Crippen LogP contribution in [0.3, 0.4) is 0 Å². The summed E-state index contributed by atoms with van der Waals surface area (Å²) in [5.41, 5.74) is 3.86. The fourth-order valence-electron chi connectivity index (χ4n) is 3.75. The summed E-state index contributed by atoms with van der Waals surface area (Å²) in [5, 5.41) is 4.82. The zero-order chi connectivity index (χ0) is 21.1. The predicted octanol–water partition coefficient (Wildman–Crippen LogP) is 4.29. The molecule has 1 aliphatic heterocycles. The van der Waals surface area contributed by atoms with Crippen molar-refractivity contribution in [2.24, 2.45) is 0 Å². The third-order valence-corrected chi connectivity index (χ3v) is 6.33. The third-order valence-electron chi connectivity index (χ3n) is 5.46. The van der Waals surface area contributed by atoms with E-state index in [0.29, 0.717) is 16.0 Å². The molecular formula is C24H25N3O2S. The van der Waals surface area contributed by atoms with Gasteiger partial charge in [0.2, 0.25) is 5.78 Å². The number of carbonyl (C=O) groups excluding carboxylic acids is 2. The van der Waals surface area contributed by atoms with Crippen LogP contribution in [0.15, 0.2) is 60.0 Å². The predicted molar refractivity (Wildman–Crippen MR) is 123 cm³/mol. The van der Waals surface area contributed by atoms with Crippen LogP contribution in [0.5, 0.6) is 0 Å². The lowest BCUT2D eigenvalue weighted by molar-refractivity contribution is 0.0998. The number of likely N-dealkylation sites (N-methyl/N-ethyl adjacent to an activating group) is 1. The summed E-state index contributed by atoms with van der Waals surface area (Å²) < 4.78 is 0. The van der Waals surface area contributed by atoms with E-state index < -0.39 is 0 Å². The average Bonchev–Trinajstić information content (AvgIpc) is 3.29. The molecule has 1 aromatic heterocycles. The molecule has 30 heavy (non-hydrogen) atoms. The number of anilines is 2. The van der Waals surface area contributed by atoms with Gasteiger partial charge in [-0.2, -0.15) is 0 Å². The smallest absolute Gasteiger partial charge is 0.256 e. The van der Waals surface area contributed by atoms with Crippen LogP contribution in [-0.2, 0) is 0 Å². The highest BCUT2D eigenvalue weighted by Crippen LogP contribution is 2.25.